The largest absolute Gasteiger partial charge is 0.394 e. The summed E-state index contributed by atoms with van der Waals surface area (Å²) in [5.41, 5.74) is 7.00. The molecular formula is C26H34Cl2FN3O3. The quantitative estimate of drug-likeness (QED) is 0.371. The zero-order chi connectivity index (χ0) is 25.8. The lowest BCUT2D eigenvalue weighted by molar-refractivity contribution is -0.123. The van der Waals surface area contributed by atoms with E-state index in [0.717, 1.165) is 5.56 Å². The van der Waals surface area contributed by atoms with Crippen LogP contribution in [0.5, 0.6) is 0 Å². The highest BCUT2D eigenvalue weighted by Gasteiger charge is 2.57. The lowest BCUT2D eigenvalue weighted by Gasteiger charge is -2.39. The fourth-order valence-electron chi connectivity index (χ4n) is 4.85. The summed E-state index contributed by atoms with van der Waals surface area (Å²) >= 11 is 12.3. The van der Waals surface area contributed by atoms with Crippen molar-refractivity contribution in [3.8, 4) is 0 Å². The summed E-state index contributed by atoms with van der Waals surface area (Å²) in [6, 6.07) is 10.8. The van der Waals surface area contributed by atoms with E-state index in [4.69, 9.17) is 38.8 Å². The van der Waals surface area contributed by atoms with E-state index in [1.165, 1.54) is 6.07 Å². The van der Waals surface area contributed by atoms with Crippen LogP contribution in [0.15, 0.2) is 42.5 Å². The Hall–Kier alpha value is -1.74. The second kappa shape index (κ2) is 11.5. The average Bonchev–Trinajstić information content (AvgIpc) is 3.07. The highest BCUT2D eigenvalue weighted by Crippen LogP contribution is 2.49. The Labute approximate surface area is 216 Å². The number of carbonyl (C=O) groups excluding carboxylic acids is 1. The number of rotatable bonds is 9. The molecule has 2 aromatic carbocycles. The molecule has 9 heteroatoms. The second-order valence-electron chi connectivity index (χ2n) is 10.1. The number of aliphatic hydroxyl groups is 1. The van der Waals surface area contributed by atoms with Crippen molar-refractivity contribution >= 4 is 29.1 Å². The van der Waals surface area contributed by atoms with Crippen LogP contribution in [0.3, 0.4) is 0 Å². The Morgan fingerprint density at radius 1 is 1.20 bits per heavy atom. The third-order valence-corrected chi connectivity index (χ3v) is 6.89. The first-order valence-electron chi connectivity index (χ1n) is 11.7. The predicted molar refractivity (Wildman–Crippen MR) is 137 cm³/mol. The molecule has 0 bridgehead atoms. The van der Waals surface area contributed by atoms with Crippen LogP contribution in [0.1, 0.15) is 44.2 Å². The Balaban J connectivity index is 2.09. The van der Waals surface area contributed by atoms with Gasteiger partial charge >= 0.3 is 0 Å². The molecule has 0 aliphatic carbocycles. The monoisotopic (exact) mass is 525 g/mol. The van der Waals surface area contributed by atoms with Crippen LogP contribution in [0.25, 0.3) is 0 Å². The number of carbonyl (C=O) groups is 1. The first kappa shape index (κ1) is 27.8. The summed E-state index contributed by atoms with van der Waals surface area (Å²) in [5, 5.41) is 15.7. The van der Waals surface area contributed by atoms with E-state index in [0.29, 0.717) is 11.4 Å². The topological polar surface area (TPSA) is 96.6 Å². The normalized spacial score (nSPS) is 24.5. The number of hydrogen-bond acceptors (Lipinski definition) is 5. The summed E-state index contributed by atoms with van der Waals surface area (Å²) in [6.07, 6.45) is 0.633. The van der Waals surface area contributed by atoms with Crippen molar-refractivity contribution in [2.24, 2.45) is 11.1 Å². The standard InChI is InChI=1S/C26H34Cl2FN3O3/c1-25(2,3)15-20-26(30,16-7-9-17(27)10-8-16)21(18-5-4-6-19(28)22(18)29)23(32-20)24(34)31-11-13-35-14-12-33/h4-10,20-21,23,32-33H,11-15,30H2,1-3H3,(H,31,34)/t20-,21-,23+,26+/m0/s1. The SMILES string of the molecule is CC(C)(C)C[C@@H]1N[C@@H](C(=O)NCCOCCO)[C@H](c2cccc(Cl)c2F)[C@@]1(N)c1ccc(Cl)cc1. The number of ether oxygens (including phenoxy) is 1. The fraction of sp³-hybridized carbons (Fsp3) is 0.500. The van der Waals surface area contributed by atoms with Crippen molar-refractivity contribution in [3.05, 3.63) is 69.5 Å². The van der Waals surface area contributed by atoms with Gasteiger partial charge in [0.15, 0.2) is 0 Å². The first-order valence-corrected chi connectivity index (χ1v) is 12.5. The predicted octanol–water partition coefficient (Wildman–Crippen LogP) is 3.97. The highest BCUT2D eigenvalue weighted by molar-refractivity contribution is 6.31. The van der Waals surface area contributed by atoms with Crippen LogP contribution >= 0.6 is 23.2 Å². The molecule has 0 radical (unpaired) electrons. The lowest BCUT2D eigenvalue weighted by Crippen LogP contribution is -2.52. The van der Waals surface area contributed by atoms with Crippen LogP contribution in [0, 0.1) is 11.2 Å². The molecule has 4 atom stereocenters. The summed E-state index contributed by atoms with van der Waals surface area (Å²) in [5.74, 6) is -1.67. The van der Waals surface area contributed by atoms with Crippen LogP contribution in [0.2, 0.25) is 10.0 Å². The van der Waals surface area contributed by atoms with E-state index < -0.39 is 23.3 Å². The maximum absolute atomic E-state index is 15.5. The molecule has 3 rings (SSSR count). The number of nitrogens with two attached hydrogens (primary N) is 1. The molecule has 6 nitrogen and oxygen atoms in total. The Kier molecular flexibility index (Phi) is 9.18. The molecule has 35 heavy (non-hydrogen) atoms. The molecule has 0 unspecified atom stereocenters. The summed E-state index contributed by atoms with van der Waals surface area (Å²) in [6.45, 7) is 6.85. The number of hydrogen-bond donors (Lipinski definition) is 4. The van der Waals surface area contributed by atoms with E-state index >= 15 is 4.39 Å². The average molecular weight is 526 g/mol. The van der Waals surface area contributed by atoms with E-state index in [2.05, 4.69) is 31.4 Å². The van der Waals surface area contributed by atoms with Crippen molar-refractivity contribution < 1.29 is 19.0 Å². The van der Waals surface area contributed by atoms with Crippen LogP contribution in [0.4, 0.5) is 4.39 Å². The minimum absolute atomic E-state index is 0.0308. The van der Waals surface area contributed by atoms with Crippen molar-refractivity contribution in [2.75, 3.05) is 26.4 Å². The number of aliphatic hydroxyl groups excluding tert-OH is 1. The summed E-state index contributed by atoms with van der Waals surface area (Å²) in [4.78, 5) is 13.4. The molecule has 2 aromatic rings. The molecule has 1 heterocycles. The first-order chi connectivity index (χ1) is 16.5. The van der Waals surface area contributed by atoms with Gasteiger partial charge in [-0.1, -0.05) is 68.2 Å². The summed E-state index contributed by atoms with van der Waals surface area (Å²) < 4.78 is 20.7. The van der Waals surface area contributed by atoms with E-state index in [1.54, 1.807) is 24.3 Å². The van der Waals surface area contributed by atoms with E-state index in [1.807, 2.05) is 12.1 Å². The van der Waals surface area contributed by atoms with Crippen LogP contribution < -0.4 is 16.4 Å². The molecule has 5 N–H and O–H groups in total. The lowest BCUT2D eigenvalue weighted by atomic mass is 9.68. The van der Waals surface area contributed by atoms with Gasteiger partial charge in [-0.3, -0.25) is 4.79 Å². The van der Waals surface area contributed by atoms with Gasteiger partial charge in [0, 0.05) is 23.5 Å². The Morgan fingerprint density at radius 3 is 2.51 bits per heavy atom. The minimum atomic E-state index is -1.14. The van der Waals surface area contributed by atoms with Gasteiger partial charge in [-0.25, -0.2) is 4.39 Å². The second-order valence-corrected chi connectivity index (χ2v) is 11.0. The molecular weight excluding hydrogens is 492 g/mol. The third kappa shape index (κ3) is 6.34. The highest BCUT2D eigenvalue weighted by atomic mass is 35.5. The number of halogens is 3. The molecule has 192 valence electrons. The molecule has 0 spiro atoms. The molecule has 1 amide bonds. The van der Waals surface area contributed by atoms with Gasteiger partial charge in [0.1, 0.15) is 5.82 Å². The maximum atomic E-state index is 15.5. The van der Waals surface area contributed by atoms with Gasteiger partial charge in [-0.2, -0.15) is 0 Å². The van der Waals surface area contributed by atoms with Crippen LogP contribution in [-0.2, 0) is 15.1 Å². The van der Waals surface area contributed by atoms with Gasteiger partial charge < -0.3 is 26.2 Å². The molecule has 1 saturated heterocycles. The molecule has 1 aliphatic heterocycles. The minimum Gasteiger partial charge on any atom is -0.394 e. The number of nitrogens with one attached hydrogen (secondary N) is 2. The van der Waals surface area contributed by atoms with E-state index in [-0.39, 0.29) is 54.3 Å². The third-order valence-electron chi connectivity index (χ3n) is 6.35. The fourth-order valence-corrected chi connectivity index (χ4v) is 5.16. The van der Waals surface area contributed by atoms with Gasteiger partial charge in [-0.05, 0) is 41.2 Å². The smallest absolute Gasteiger partial charge is 0.237 e. The zero-order valence-corrected chi connectivity index (χ0v) is 21.8. The van der Waals surface area contributed by atoms with Gasteiger partial charge in [0.25, 0.3) is 0 Å². The van der Waals surface area contributed by atoms with E-state index in [9.17, 15) is 4.79 Å². The molecule has 1 fully saturated rings. The van der Waals surface area contributed by atoms with Crippen LogP contribution in [-0.4, -0.2) is 49.5 Å². The van der Waals surface area contributed by atoms with Gasteiger partial charge in [-0.15, -0.1) is 0 Å². The van der Waals surface area contributed by atoms with Crippen molar-refractivity contribution in [1.29, 1.82) is 0 Å². The van der Waals surface area contributed by atoms with Gasteiger partial charge in [0.05, 0.1) is 36.4 Å². The Bertz CT molecular complexity index is 1020. The summed E-state index contributed by atoms with van der Waals surface area (Å²) in [7, 11) is 0. The molecule has 1 aliphatic rings. The van der Waals surface area contributed by atoms with Crippen molar-refractivity contribution in [3.63, 3.8) is 0 Å². The van der Waals surface area contributed by atoms with Crippen molar-refractivity contribution in [2.45, 2.75) is 50.7 Å². The number of benzene rings is 2. The molecule has 0 saturated carbocycles. The number of amides is 1. The zero-order valence-electron chi connectivity index (χ0n) is 20.3. The van der Waals surface area contributed by atoms with Crippen molar-refractivity contribution in [1.82, 2.24) is 10.6 Å². The molecule has 0 aromatic heterocycles. The maximum Gasteiger partial charge on any atom is 0.237 e. The Morgan fingerprint density at radius 2 is 1.89 bits per heavy atom. The van der Waals surface area contributed by atoms with Gasteiger partial charge in [0.2, 0.25) is 5.91 Å².